The Bertz CT molecular complexity index is 1160. The number of carboxylic acids is 1. The molecule has 0 aliphatic carbocycles. The highest BCUT2D eigenvalue weighted by Crippen LogP contribution is 2.28. The van der Waals surface area contributed by atoms with E-state index in [1.165, 1.54) is 16.9 Å². The Morgan fingerprint density at radius 1 is 0.880 bits per heavy atom. The molecule has 0 spiro atoms. The Balaban J connectivity index is 1.92. The summed E-state index contributed by atoms with van der Waals surface area (Å²) in [6, 6.07) is 20.8. The molecule has 4 heteroatoms. The third kappa shape index (κ3) is 2.81. The second-order valence-electron chi connectivity index (χ2n) is 5.91. The standard InChI is InChI=1S/C21H14O3S/c22-19-15-10-9-14(11-13-5-2-1-3-6-13)12-18(15)25-20-16(19)7-4-8-17(20)21(23)24/h1-10,12H,11H2,(H,23,24). The number of fused-ring (bicyclic) bond motifs is 2. The van der Waals surface area contributed by atoms with Crippen LogP contribution in [0.25, 0.3) is 20.2 Å². The van der Waals surface area contributed by atoms with Gasteiger partial charge in [-0.05, 0) is 41.8 Å². The minimum Gasteiger partial charge on any atom is -0.478 e. The highest BCUT2D eigenvalue weighted by molar-refractivity contribution is 7.24. The quantitative estimate of drug-likeness (QED) is 0.547. The van der Waals surface area contributed by atoms with E-state index in [9.17, 15) is 14.7 Å². The van der Waals surface area contributed by atoms with Crippen molar-refractivity contribution in [2.75, 3.05) is 0 Å². The van der Waals surface area contributed by atoms with Gasteiger partial charge in [0, 0.05) is 15.5 Å². The summed E-state index contributed by atoms with van der Waals surface area (Å²) in [6.45, 7) is 0. The van der Waals surface area contributed by atoms with Gasteiger partial charge >= 0.3 is 5.97 Å². The van der Waals surface area contributed by atoms with Crippen LogP contribution >= 0.6 is 11.3 Å². The largest absolute Gasteiger partial charge is 0.478 e. The molecule has 25 heavy (non-hydrogen) atoms. The van der Waals surface area contributed by atoms with Gasteiger partial charge in [0.25, 0.3) is 0 Å². The number of rotatable bonds is 3. The van der Waals surface area contributed by atoms with Crippen molar-refractivity contribution in [2.24, 2.45) is 0 Å². The molecule has 3 aromatic carbocycles. The van der Waals surface area contributed by atoms with Gasteiger partial charge in [-0.15, -0.1) is 11.3 Å². The zero-order valence-electron chi connectivity index (χ0n) is 13.2. The molecule has 1 N–H and O–H groups in total. The van der Waals surface area contributed by atoms with Gasteiger partial charge in [0.1, 0.15) is 0 Å². The first kappa shape index (κ1) is 15.5. The van der Waals surface area contributed by atoms with E-state index >= 15 is 0 Å². The molecule has 3 nitrogen and oxygen atoms in total. The van der Waals surface area contributed by atoms with E-state index in [4.69, 9.17) is 0 Å². The van der Waals surface area contributed by atoms with Crippen LogP contribution in [-0.4, -0.2) is 11.1 Å². The first-order valence-corrected chi connectivity index (χ1v) is 8.71. The van der Waals surface area contributed by atoms with Crippen LogP contribution in [0.3, 0.4) is 0 Å². The molecular weight excluding hydrogens is 332 g/mol. The molecule has 0 fully saturated rings. The molecule has 4 aromatic rings. The second kappa shape index (κ2) is 6.15. The maximum atomic E-state index is 12.7. The van der Waals surface area contributed by atoms with E-state index in [1.807, 2.05) is 36.4 Å². The number of carboxylic acid groups (broad SMARTS) is 1. The molecule has 0 aliphatic heterocycles. The molecule has 122 valence electrons. The van der Waals surface area contributed by atoms with Crippen molar-refractivity contribution in [2.45, 2.75) is 6.42 Å². The van der Waals surface area contributed by atoms with Gasteiger partial charge in [0.05, 0.1) is 10.3 Å². The summed E-state index contributed by atoms with van der Waals surface area (Å²) in [5.74, 6) is -1.01. The molecule has 0 amide bonds. The third-order valence-electron chi connectivity index (χ3n) is 4.24. The summed E-state index contributed by atoms with van der Waals surface area (Å²) in [5, 5.41) is 10.5. The van der Waals surface area contributed by atoms with Crippen molar-refractivity contribution in [1.29, 1.82) is 0 Å². The van der Waals surface area contributed by atoms with Crippen LogP contribution in [0.2, 0.25) is 0 Å². The van der Waals surface area contributed by atoms with Gasteiger partial charge in [-0.1, -0.05) is 42.5 Å². The summed E-state index contributed by atoms with van der Waals surface area (Å²) in [7, 11) is 0. The monoisotopic (exact) mass is 346 g/mol. The number of hydrogen-bond donors (Lipinski definition) is 1. The Morgan fingerprint density at radius 3 is 2.44 bits per heavy atom. The van der Waals surface area contributed by atoms with Crippen LogP contribution in [0.5, 0.6) is 0 Å². The predicted molar refractivity (Wildman–Crippen MR) is 102 cm³/mol. The number of carbonyl (C=O) groups is 1. The molecule has 0 bridgehead atoms. The average molecular weight is 346 g/mol. The Morgan fingerprint density at radius 2 is 1.68 bits per heavy atom. The molecule has 1 heterocycles. The highest BCUT2D eigenvalue weighted by atomic mass is 32.1. The first-order valence-electron chi connectivity index (χ1n) is 7.89. The molecule has 4 rings (SSSR count). The second-order valence-corrected chi connectivity index (χ2v) is 6.96. The molecule has 1 aromatic heterocycles. The highest BCUT2D eigenvalue weighted by Gasteiger charge is 2.13. The SMILES string of the molecule is O=C(O)c1cccc2c(=O)c3ccc(Cc4ccccc4)cc3sc12. The summed E-state index contributed by atoms with van der Waals surface area (Å²) in [6.07, 6.45) is 0.774. The van der Waals surface area contributed by atoms with Crippen molar-refractivity contribution in [3.8, 4) is 0 Å². The lowest BCUT2D eigenvalue weighted by Crippen LogP contribution is -2.05. The normalized spacial score (nSPS) is 11.0. The number of hydrogen-bond acceptors (Lipinski definition) is 3. The fraction of sp³-hybridized carbons (Fsp3) is 0.0476. The van der Waals surface area contributed by atoms with E-state index in [0.717, 1.165) is 16.7 Å². The van der Waals surface area contributed by atoms with Crippen LogP contribution in [0.4, 0.5) is 0 Å². The van der Waals surface area contributed by atoms with Crippen LogP contribution in [0, 0.1) is 0 Å². The fourth-order valence-electron chi connectivity index (χ4n) is 3.03. The molecule has 0 saturated carbocycles. The fourth-order valence-corrected chi connectivity index (χ4v) is 4.27. The van der Waals surface area contributed by atoms with Crippen LogP contribution < -0.4 is 5.43 Å². The lowest BCUT2D eigenvalue weighted by Gasteiger charge is -2.06. The van der Waals surface area contributed by atoms with Crippen molar-refractivity contribution in [3.63, 3.8) is 0 Å². The predicted octanol–water partition coefficient (Wildman–Crippen LogP) is 4.70. The topological polar surface area (TPSA) is 54.4 Å². The first-order chi connectivity index (χ1) is 12.1. The lowest BCUT2D eigenvalue weighted by atomic mass is 10.0. The number of aromatic carboxylic acids is 1. The van der Waals surface area contributed by atoms with Crippen LogP contribution in [-0.2, 0) is 6.42 Å². The molecule has 0 aliphatic rings. The smallest absolute Gasteiger partial charge is 0.337 e. The Labute approximate surface area is 147 Å². The molecule has 0 radical (unpaired) electrons. The summed E-state index contributed by atoms with van der Waals surface area (Å²) < 4.78 is 1.35. The summed E-state index contributed by atoms with van der Waals surface area (Å²) >= 11 is 1.36. The maximum Gasteiger partial charge on any atom is 0.337 e. The van der Waals surface area contributed by atoms with E-state index in [0.29, 0.717) is 15.5 Å². The van der Waals surface area contributed by atoms with Crippen molar-refractivity contribution < 1.29 is 9.90 Å². The Hall–Kier alpha value is -2.98. The average Bonchev–Trinajstić information content (AvgIpc) is 2.62. The summed E-state index contributed by atoms with van der Waals surface area (Å²) in [5.41, 5.74) is 2.36. The molecule has 0 unspecified atom stereocenters. The van der Waals surface area contributed by atoms with Gasteiger partial charge in [0.2, 0.25) is 0 Å². The van der Waals surface area contributed by atoms with Gasteiger partial charge in [-0.3, -0.25) is 4.79 Å². The van der Waals surface area contributed by atoms with E-state index < -0.39 is 5.97 Å². The van der Waals surface area contributed by atoms with E-state index in [1.54, 1.807) is 18.2 Å². The minimum atomic E-state index is -1.01. The van der Waals surface area contributed by atoms with Gasteiger partial charge < -0.3 is 5.11 Å². The summed E-state index contributed by atoms with van der Waals surface area (Å²) in [4.78, 5) is 24.2. The van der Waals surface area contributed by atoms with Crippen molar-refractivity contribution in [1.82, 2.24) is 0 Å². The van der Waals surface area contributed by atoms with Crippen molar-refractivity contribution in [3.05, 3.63) is 93.6 Å². The Kier molecular flexibility index (Phi) is 3.82. The third-order valence-corrected chi connectivity index (χ3v) is 5.45. The minimum absolute atomic E-state index is 0.113. The van der Waals surface area contributed by atoms with Crippen LogP contribution in [0.1, 0.15) is 21.5 Å². The molecular formula is C21H14O3S. The zero-order valence-corrected chi connectivity index (χ0v) is 14.0. The lowest BCUT2D eigenvalue weighted by molar-refractivity contribution is 0.0699. The number of benzene rings is 3. The maximum absolute atomic E-state index is 12.7. The molecule has 0 saturated heterocycles. The van der Waals surface area contributed by atoms with Gasteiger partial charge in [0.15, 0.2) is 5.43 Å². The van der Waals surface area contributed by atoms with E-state index in [2.05, 4.69) is 12.1 Å². The van der Waals surface area contributed by atoms with Crippen LogP contribution in [0.15, 0.2) is 71.5 Å². The van der Waals surface area contributed by atoms with Gasteiger partial charge in [-0.2, -0.15) is 0 Å². The molecule has 0 atom stereocenters. The van der Waals surface area contributed by atoms with E-state index in [-0.39, 0.29) is 11.0 Å². The van der Waals surface area contributed by atoms with Crippen molar-refractivity contribution >= 4 is 37.5 Å². The zero-order chi connectivity index (χ0) is 17.4. The van der Waals surface area contributed by atoms with Gasteiger partial charge in [-0.25, -0.2) is 4.79 Å².